The Kier molecular flexibility index (Phi) is 6.42. The lowest BCUT2D eigenvalue weighted by atomic mass is 10.0. The highest BCUT2D eigenvalue weighted by Gasteiger charge is 2.21. The van der Waals surface area contributed by atoms with Gasteiger partial charge in [-0.25, -0.2) is 0 Å². The van der Waals surface area contributed by atoms with Crippen LogP contribution >= 0.6 is 0 Å². The molecule has 128 valence electrons. The number of amides is 1. The zero-order chi connectivity index (χ0) is 17.5. The van der Waals surface area contributed by atoms with Crippen LogP contribution in [0.25, 0.3) is 0 Å². The van der Waals surface area contributed by atoms with Crippen LogP contribution in [0.2, 0.25) is 0 Å². The number of aryl methyl sites for hydroxylation is 2. The number of para-hydroxylation sites is 1. The molecule has 3 heteroatoms. The van der Waals surface area contributed by atoms with Crippen molar-refractivity contribution in [1.82, 2.24) is 5.32 Å². The fourth-order valence-corrected chi connectivity index (χ4v) is 2.60. The monoisotopic (exact) mass is 325 g/mol. The molecule has 0 unspecified atom stereocenters. The number of benzene rings is 2. The topological polar surface area (TPSA) is 38.3 Å². The molecular formula is C21H27NO2. The van der Waals surface area contributed by atoms with Crippen molar-refractivity contribution in [3.8, 4) is 5.75 Å². The molecule has 3 nitrogen and oxygen atoms in total. The first-order valence-corrected chi connectivity index (χ1v) is 8.66. The van der Waals surface area contributed by atoms with Gasteiger partial charge in [-0.1, -0.05) is 56.3 Å². The fraction of sp³-hybridized carbons (Fsp3) is 0.381. The molecule has 1 amide bonds. The molecule has 0 saturated heterocycles. The van der Waals surface area contributed by atoms with Gasteiger partial charge in [-0.3, -0.25) is 4.79 Å². The maximum absolute atomic E-state index is 12.6. The Bertz CT molecular complexity index is 664. The van der Waals surface area contributed by atoms with Gasteiger partial charge in [0.25, 0.3) is 5.91 Å². The number of ether oxygens (including phenoxy) is 1. The summed E-state index contributed by atoms with van der Waals surface area (Å²) >= 11 is 0. The van der Waals surface area contributed by atoms with Gasteiger partial charge in [0.15, 0.2) is 6.10 Å². The summed E-state index contributed by atoms with van der Waals surface area (Å²) in [5.41, 5.74) is 3.44. The maximum Gasteiger partial charge on any atom is 0.261 e. The Hall–Kier alpha value is -2.29. The van der Waals surface area contributed by atoms with Crippen molar-refractivity contribution in [2.45, 2.75) is 52.7 Å². The second-order valence-corrected chi connectivity index (χ2v) is 6.11. The summed E-state index contributed by atoms with van der Waals surface area (Å²) in [4.78, 5) is 12.6. The third-order valence-electron chi connectivity index (χ3n) is 4.27. The molecule has 0 aliphatic heterocycles. The van der Waals surface area contributed by atoms with E-state index < -0.39 is 6.10 Å². The minimum atomic E-state index is -0.483. The standard InChI is InChI=1S/C21H27NO2/c1-5-17-11-13-18(14-12-17)16(4)22-21(23)19(6-2)24-20-10-8-7-9-15(20)3/h7-14,16,19H,5-6H2,1-4H3,(H,22,23)/t16-,19+/m0/s1. The first kappa shape index (κ1) is 18.1. The lowest BCUT2D eigenvalue weighted by Crippen LogP contribution is -2.39. The van der Waals surface area contributed by atoms with Crippen molar-refractivity contribution in [3.63, 3.8) is 0 Å². The Morgan fingerprint density at radius 2 is 1.75 bits per heavy atom. The SMILES string of the molecule is CCc1ccc([C@H](C)NC(=O)[C@@H](CC)Oc2ccccc2C)cc1. The average Bonchev–Trinajstić information content (AvgIpc) is 2.61. The van der Waals surface area contributed by atoms with Crippen LogP contribution in [-0.4, -0.2) is 12.0 Å². The van der Waals surface area contributed by atoms with E-state index in [9.17, 15) is 4.79 Å². The predicted octanol–water partition coefficient (Wildman–Crippen LogP) is 4.59. The Balaban J connectivity index is 2.01. The first-order chi connectivity index (χ1) is 11.5. The smallest absolute Gasteiger partial charge is 0.261 e. The Morgan fingerprint density at radius 3 is 2.33 bits per heavy atom. The molecule has 2 rings (SSSR count). The van der Waals surface area contributed by atoms with E-state index in [4.69, 9.17) is 4.74 Å². The molecule has 0 radical (unpaired) electrons. The minimum Gasteiger partial charge on any atom is -0.480 e. The van der Waals surface area contributed by atoms with Gasteiger partial charge in [0.2, 0.25) is 0 Å². The summed E-state index contributed by atoms with van der Waals surface area (Å²) < 4.78 is 5.92. The van der Waals surface area contributed by atoms with Gasteiger partial charge in [-0.2, -0.15) is 0 Å². The largest absolute Gasteiger partial charge is 0.480 e. The summed E-state index contributed by atoms with van der Waals surface area (Å²) in [7, 11) is 0. The molecule has 0 aliphatic rings. The molecule has 2 aromatic carbocycles. The van der Waals surface area contributed by atoms with Crippen LogP contribution in [0.3, 0.4) is 0 Å². The molecule has 24 heavy (non-hydrogen) atoms. The van der Waals surface area contributed by atoms with E-state index in [1.54, 1.807) is 0 Å². The van der Waals surface area contributed by atoms with Crippen molar-refractivity contribution < 1.29 is 9.53 Å². The Labute approximate surface area is 145 Å². The van der Waals surface area contributed by atoms with Crippen LogP contribution < -0.4 is 10.1 Å². The maximum atomic E-state index is 12.6. The summed E-state index contributed by atoms with van der Waals surface area (Å²) in [6.07, 6.45) is 1.16. The van der Waals surface area contributed by atoms with Crippen molar-refractivity contribution >= 4 is 5.91 Å². The zero-order valence-electron chi connectivity index (χ0n) is 15.0. The molecule has 0 bridgehead atoms. The lowest BCUT2D eigenvalue weighted by Gasteiger charge is -2.21. The average molecular weight is 325 g/mol. The van der Waals surface area contributed by atoms with E-state index in [1.807, 2.05) is 45.0 Å². The number of hydrogen-bond donors (Lipinski definition) is 1. The van der Waals surface area contributed by atoms with Crippen molar-refractivity contribution in [2.24, 2.45) is 0 Å². The van der Waals surface area contributed by atoms with Crippen molar-refractivity contribution in [2.75, 3.05) is 0 Å². The minimum absolute atomic E-state index is 0.0436. The van der Waals surface area contributed by atoms with Crippen molar-refractivity contribution in [3.05, 3.63) is 65.2 Å². The van der Waals surface area contributed by atoms with E-state index >= 15 is 0 Å². The van der Waals surface area contributed by atoms with E-state index in [-0.39, 0.29) is 11.9 Å². The highest BCUT2D eigenvalue weighted by Crippen LogP contribution is 2.20. The molecule has 0 saturated carbocycles. The second kappa shape index (κ2) is 8.53. The highest BCUT2D eigenvalue weighted by atomic mass is 16.5. The van der Waals surface area contributed by atoms with E-state index in [0.29, 0.717) is 6.42 Å². The van der Waals surface area contributed by atoms with E-state index in [0.717, 1.165) is 23.3 Å². The third kappa shape index (κ3) is 4.60. The summed E-state index contributed by atoms with van der Waals surface area (Å²) in [6, 6.07) is 16.1. The molecule has 0 heterocycles. The number of carbonyl (C=O) groups is 1. The molecule has 2 atom stereocenters. The third-order valence-corrected chi connectivity index (χ3v) is 4.27. The first-order valence-electron chi connectivity index (χ1n) is 8.66. The Morgan fingerprint density at radius 1 is 1.08 bits per heavy atom. The molecular weight excluding hydrogens is 298 g/mol. The lowest BCUT2D eigenvalue weighted by molar-refractivity contribution is -0.128. The summed E-state index contributed by atoms with van der Waals surface area (Å²) in [5.74, 6) is 0.687. The van der Waals surface area contributed by atoms with Gasteiger partial charge in [0, 0.05) is 0 Å². The number of nitrogens with one attached hydrogen (secondary N) is 1. The van der Waals surface area contributed by atoms with Crippen LogP contribution in [-0.2, 0) is 11.2 Å². The van der Waals surface area contributed by atoms with Crippen LogP contribution in [0, 0.1) is 6.92 Å². The number of hydrogen-bond acceptors (Lipinski definition) is 2. The van der Waals surface area contributed by atoms with Crippen LogP contribution in [0.1, 0.15) is 49.9 Å². The van der Waals surface area contributed by atoms with Gasteiger partial charge in [0.1, 0.15) is 5.75 Å². The summed E-state index contributed by atoms with van der Waals surface area (Å²) in [5, 5.41) is 3.06. The molecule has 0 spiro atoms. The highest BCUT2D eigenvalue weighted by molar-refractivity contribution is 5.81. The van der Waals surface area contributed by atoms with E-state index in [2.05, 4.69) is 36.5 Å². The second-order valence-electron chi connectivity index (χ2n) is 6.11. The molecule has 1 N–H and O–H groups in total. The van der Waals surface area contributed by atoms with Gasteiger partial charge in [-0.05, 0) is 49.4 Å². The molecule has 0 aromatic heterocycles. The fourth-order valence-electron chi connectivity index (χ4n) is 2.60. The molecule has 0 fully saturated rings. The number of carbonyl (C=O) groups excluding carboxylic acids is 1. The molecule has 0 aliphatic carbocycles. The zero-order valence-corrected chi connectivity index (χ0v) is 15.0. The predicted molar refractivity (Wildman–Crippen MR) is 98.3 cm³/mol. The van der Waals surface area contributed by atoms with Crippen molar-refractivity contribution in [1.29, 1.82) is 0 Å². The van der Waals surface area contributed by atoms with E-state index in [1.165, 1.54) is 5.56 Å². The van der Waals surface area contributed by atoms with Gasteiger partial charge in [0.05, 0.1) is 6.04 Å². The quantitative estimate of drug-likeness (QED) is 0.808. The van der Waals surface area contributed by atoms with Crippen LogP contribution in [0.4, 0.5) is 0 Å². The normalized spacial score (nSPS) is 13.2. The van der Waals surface area contributed by atoms with Crippen LogP contribution in [0.15, 0.2) is 48.5 Å². The molecule has 2 aromatic rings. The van der Waals surface area contributed by atoms with Crippen LogP contribution in [0.5, 0.6) is 5.75 Å². The van der Waals surface area contributed by atoms with Gasteiger partial charge < -0.3 is 10.1 Å². The summed E-state index contributed by atoms with van der Waals surface area (Å²) in [6.45, 7) is 8.08. The van der Waals surface area contributed by atoms with Gasteiger partial charge >= 0.3 is 0 Å². The van der Waals surface area contributed by atoms with Gasteiger partial charge in [-0.15, -0.1) is 0 Å². The number of rotatable bonds is 7.